The summed E-state index contributed by atoms with van der Waals surface area (Å²) in [7, 11) is 1.83. The molecule has 0 atom stereocenters. The van der Waals surface area contributed by atoms with Crippen molar-refractivity contribution in [3.05, 3.63) is 84.1 Å². The highest BCUT2D eigenvalue weighted by Gasteiger charge is 2.30. The summed E-state index contributed by atoms with van der Waals surface area (Å²) in [5.74, 6) is 0.369. The molecule has 180 valence electrons. The van der Waals surface area contributed by atoms with Gasteiger partial charge in [-0.15, -0.1) is 5.10 Å². The van der Waals surface area contributed by atoms with Gasteiger partial charge in [0.25, 0.3) is 5.91 Å². The number of anilines is 1. The third kappa shape index (κ3) is 5.74. The Kier molecular flexibility index (Phi) is 7.55. The van der Waals surface area contributed by atoms with Crippen LogP contribution in [0.3, 0.4) is 0 Å². The number of pyridine rings is 1. The van der Waals surface area contributed by atoms with Gasteiger partial charge in [0.05, 0.1) is 0 Å². The molecule has 0 spiro atoms. The first kappa shape index (κ1) is 24.1. The van der Waals surface area contributed by atoms with Gasteiger partial charge in [-0.2, -0.15) is 4.98 Å². The van der Waals surface area contributed by atoms with Crippen molar-refractivity contribution < 1.29 is 9.59 Å². The van der Waals surface area contributed by atoms with Gasteiger partial charge in [-0.05, 0) is 54.7 Å². The molecule has 7 heteroatoms. The van der Waals surface area contributed by atoms with Crippen molar-refractivity contribution in [3.63, 3.8) is 0 Å². The molecule has 1 aliphatic rings. The van der Waals surface area contributed by atoms with Crippen LogP contribution >= 0.6 is 0 Å². The minimum atomic E-state index is -0.0216. The molecule has 0 radical (unpaired) electrons. The molecule has 7 nitrogen and oxygen atoms in total. The van der Waals surface area contributed by atoms with Crippen molar-refractivity contribution >= 4 is 23.4 Å². The van der Waals surface area contributed by atoms with E-state index < -0.39 is 0 Å². The van der Waals surface area contributed by atoms with Gasteiger partial charge in [0.1, 0.15) is 0 Å². The number of nitrogens with one attached hydrogen (secondary N) is 1. The molecule has 2 aromatic carbocycles. The molecule has 1 saturated carbocycles. The number of benzene rings is 2. The molecule has 0 aliphatic heterocycles. The lowest BCUT2D eigenvalue weighted by molar-refractivity contribution is -0.117. The largest absolute Gasteiger partial charge is 0.341 e. The lowest BCUT2D eigenvalue weighted by atomic mass is 10.0. The smallest absolute Gasteiger partial charge is 0.253 e. The van der Waals surface area contributed by atoms with Crippen LogP contribution in [-0.4, -0.2) is 44.9 Å². The Morgan fingerprint density at radius 1 is 1.00 bits per heavy atom. The first-order chi connectivity index (χ1) is 17.1. The van der Waals surface area contributed by atoms with E-state index in [4.69, 9.17) is 0 Å². The van der Waals surface area contributed by atoms with Gasteiger partial charge in [0, 0.05) is 36.8 Å². The van der Waals surface area contributed by atoms with Crippen LogP contribution in [0.25, 0.3) is 16.8 Å². The normalized spacial score (nSPS) is 12.5. The molecule has 35 heavy (non-hydrogen) atoms. The van der Waals surface area contributed by atoms with Gasteiger partial charge >= 0.3 is 0 Å². The Morgan fingerprint density at radius 2 is 1.71 bits per heavy atom. The lowest BCUT2D eigenvalue weighted by Crippen LogP contribution is -2.28. The van der Waals surface area contributed by atoms with Crippen LogP contribution < -0.4 is 5.32 Å². The number of nitrogens with zero attached hydrogens (tertiary/aromatic N) is 4. The highest BCUT2D eigenvalue weighted by atomic mass is 16.2. The molecule has 0 unspecified atom stereocenters. The zero-order valence-corrected chi connectivity index (χ0v) is 20.4. The summed E-state index contributed by atoms with van der Waals surface area (Å²) in [6.45, 7) is 4.65. The maximum Gasteiger partial charge on any atom is 0.253 e. The number of fused-ring (bicyclic) bond motifs is 1. The van der Waals surface area contributed by atoms with Gasteiger partial charge < -0.3 is 4.90 Å². The van der Waals surface area contributed by atoms with Gasteiger partial charge in [-0.25, -0.2) is 4.52 Å². The molecule has 1 fully saturated rings. The quantitative estimate of drug-likeness (QED) is 0.409. The summed E-state index contributed by atoms with van der Waals surface area (Å²) in [5, 5.41) is 7.18. The zero-order valence-electron chi connectivity index (χ0n) is 20.4. The molecular weight excluding hydrogens is 438 g/mol. The predicted molar refractivity (Wildman–Crippen MR) is 138 cm³/mol. The number of hydrogen-bond acceptors (Lipinski definition) is 4. The molecule has 2 aromatic heterocycles. The van der Waals surface area contributed by atoms with Crippen LogP contribution in [0, 0.1) is 5.92 Å². The van der Waals surface area contributed by atoms with E-state index in [2.05, 4.69) is 27.5 Å². The number of hydrogen-bond donors (Lipinski definition) is 1. The molecular formula is C28H31N5O2. The van der Waals surface area contributed by atoms with Crippen LogP contribution in [-0.2, 0) is 11.2 Å². The summed E-state index contributed by atoms with van der Waals surface area (Å²) in [6.07, 6.45) is 4.47. The Hall–Kier alpha value is -4.00. The van der Waals surface area contributed by atoms with Gasteiger partial charge in [-0.1, -0.05) is 56.3 Å². The standard InChI is InChI=1S/C26H25N5O2.C2H6/c1-30(17-15-18-6-3-2-4-7-18)25(33)21-13-9-19(10-14-21)22-8-5-16-31-23(22)27-26(29-31)28-24(32)20-11-12-20;1-2/h2-10,13-14,16,20H,11-12,15,17H2,1H3,(H,28,29,32);1-2H3. The van der Waals surface area contributed by atoms with E-state index in [0.29, 0.717) is 23.7 Å². The average molecular weight is 470 g/mol. The Morgan fingerprint density at radius 3 is 2.40 bits per heavy atom. The van der Waals surface area contributed by atoms with Crippen molar-refractivity contribution in [2.24, 2.45) is 5.92 Å². The maximum atomic E-state index is 12.9. The van der Waals surface area contributed by atoms with Gasteiger partial charge in [-0.3, -0.25) is 14.9 Å². The third-order valence-electron chi connectivity index (χ3n) is 5.91. The van der Waals surface area contributed by atoms with Gasteiger partial charge in [0.2, 0.25) is 11.9 Å². The highest BCUT2D eigenvalue weighted by molar-refractivity contribution is 5.95. The molecule has 4 aromatic rings. The Balaban J connectivity index is 0.00000141. The fourth-order valence-corrected chi connectivity index (χ4v) is 3.80. The van der Waals surface area contributed by atoms with E-state index in [-0.39, 0.29) is 17.7 Å². The fourth-order valence-electron chi connectivity index (χ4n) is 3.80. The van der Waals surface area contributed by atoms with Crippen molar-refractivity contribution in [3.8, 4) is 11.1 Å². The first-order valence-electron chi connectivity index (χ1n) is 12.1. The molecule has 1 N–H and O–H groups in total. The number of amides is 2. The second-order valence-electron chi connectivity index (χ2n) is 8.43. The van der Waals surface area contributed by atoms with Crippen LogP contribution in [0.1, 0.15) is 42.6 Å². The van der Waals surface area contributed by atoms with Crippen molar-refractivity contribution in [1.82, 2.24) is 19.5 Å². The number of aromatic nitrogens is 3. The average Bonchev–Trinajstić information content (AvgIpc) is 3.68. The monoisotopic (exact) mass is 469 g/mol. The summed E-state index contributed by atoms with van der Waals surface area (Å²) < 4.78 is 1.66. The van der Waals surface area contributed by atoms with E-state index in [0.717, 1.165) is 30.4 Å². The summed E-state index contributed by atoms with van der Waals surface area (Å²) in [5.41, 5.74) is 4.31. The van der Waals surface area contributed by atoms with E-state index in [1.54, 1.807) is 15.6 Å². The van der Waals surface area contributed by atoms with Crippen LogP contribution in [0.15, 0.2) is 72.9 Å². The summed E-state index contributed by atoms with van der Waals surface area (Å²) >= 11 is 0. The second kappa shape index (κ2) is 11.0. The molecule has 2 heterocycles. The molecule has 0 saturated heterocycles. The number of carbonyl (C=O) groups is 2. The number of likely N-dealkylation sites (N-methyl/N-ethyl adjacent to an activating group) is 1. The number of rotatable bonds is 7. The second-order valence-corrected chi connectivity index (χ2v) is 8.43. The molecule has 0 bridgehead atoms. The first-order valence-corrected chi connectivity index (χ1v) is 12.1. The number of carbonyl (C=O) groups excluding carboxylic acids is 2. The van der Waals surface area contributed by atoms with Crippen LogP contribution in [0.5, 0.6) is 0 Å². The van der Waals surface area contributed by atoms with Crippen molar-refractivity contribution in [1.29, 1.82) is 0 Å². The molecule has 1 aliphatic carbocycles. The van der Waals surface area contributed by atoms with Crippen molar-refractivity contribution in [2.75, 3.05) is 18.9 Å². The summed E-state index contributed by atoms with van der Waals surface area (Å²) in [6, 6.07) is 21.5. The predicted octanol–water partition coefficient (Wildman–Crippen LogP) is 5.09. The highest BCUT2D eigenvalue weighted by Crippen LogP contribution is 2.30. The third-order valence-corrected chi connectivity index (χ3v) is 5.91. The topological polar surface area (TPSA) is 79.6 Å². The van der Waals surface area contributed by atoms with E-state index >= 15 is 0 Å². The fraction of sp³-hybridized carbons (Fsp3) is 0.286. The molecule has 2 amide bonds. The minimum absolute atomic E-state index is 0.0109. The SMILES string of the molecule is CC.CN(CCc1ccccc1)C(=O)c1ccc(-c2cccn3nc(NC(=O)C4CC4)nc23)cc1. The van der Waals surface area contributed by atoms with E-state index in [1.807, 2.05) is 75.5 Å². The van der Waals surface area contributed by atoms with Gasteiger partial charge in [0.15, 0.2) is 5.65 Å². The van der Waals surface area contributed by atoms with E-state index in [1.165, 1.54) is 5.56 Å². The van der Waals surface area contributed by atoms with Crippen LogP contribution in [0.4, 0.5) is 5.95 Å². The molecule has 5 rings (SSSR count). The van der Waals surface area contributed by atoms with Crippen LogP contribution in [0.2, 0.25) is 0 Å². The maximum absolute atomic E-state index is 12.9. The zero-order chi connectivity index (χ0) is 24.8. The Labute approximate surface area is 205 Å². The Bertz CT molecular complexity index is 1290. The van der Waals surface area contributed by atoms with E-state index in [9.17, 15) is 9.59 Å². The lowest BCUT2D eigenvalue weighted by Gasteiger charge is -2.17. The summed E-state index contributed by atoms with van der Waals surface area (Å²) in [4.78, 5) is 31.2. The minimum Gasteiger partial charge on any atom is -0.341 e. The van der Waals surface area contributed by atoms with Crippen molar-refractivity contribution in [2.45, 2.75) is 33.1 Å².